The Kier molecular flexibility index (Phi) is 3.30. The van der Waals surface area contributed by atoms with Crippen LogP contribution >= 0.6 is 0 Å². The standard InChI is InChI=1S/C17H20N4O/c18-21-20-15-3-1-12(2-4-15)17(22)19-16-13-6-10-5-11(8-13)9-14(16)7-10/h1-4,10-11,13-14,16H,5-9H2,(H,19,22). The van der Waals surface area contributed by atoms with Crippen molar-refractivity contribution in [2.24, 2.45) is 28.8 Å². The zero-order valence-electron chi connectivity index (χ0n) is 12.5. The number of carbonyl (C=O) groups is 1. The zero-order chi connectivity index (χ0) is 15.1. The molecule has 1 amide bonds. The Morgan fingerprint density at radius 1 is 1.05 bits per heavy atom. The van der Waals surface area contributed by atoms with Crippen LogP contribution in [-0.4, -0.2) is 11.9 Å². The first-order valence-corrected chi connectivity index (χ1v) is 8.19. The molecular weight excluding hydrogens is 276 g/mol. The molecule has 4 fully saturated rings. The van der Waals surface area contributed by atoms with Gasteiger partial charge in [0.25, 0.3) is 5.91 Å². The maximum Gasteiger partial charge on any atom is 0.251 e. The Morgan fingerprint density at radius 3 is 2.18 bits per heavy atom. The first-order chi connectivity index (χ1) is 10.7. The summed E-state index contributed by atoms with van der Waals surface area (Å²) in [7, 11) is 0. The van der Waals surface area contributed by atoms with Gasteiger partial charge in [-0.3, -0.25) is 4.79 Å². The molecule has 5 rings (SSSR count). The number of amides is 1. The van der Waals surface area contributed by atoms with Crippen LogP contribution in [0.1, 0.15) is 42.5 Å². The lowest BCUT2D eigenvalue weighted by atomic mass is 9.54. The molecule has 4 aliphatic carbocycles. The predicted molar refractivity (Wildman–Crippen MR) is 83.5 cm³/mol. The SMILES string of the molecule is [N-]=[N+]=Nc1ccc(C(=O)NC2C3CC4CC(C3)CC2C4)cc1. The fraction of sp³-hybridized carbons (Fsp3) is 0.588. The van der Waals surface area contributed by atoms with Crippen LogP contribution in [-0.2, 0) is 0 Å². The van der Waals surface area contributed by atoms with Gasteiger partial charge >= 0.3 is 0 Å². The number of hydrogen-bond donors (Lipinski definition) is 1. The molecule has 0 spiro atoms. The maximum absolute atomic E-state index is 12.5. The molecule has 0 radical (unpaired) electrons. The van der Waals surface area contributed by atoms with E-state index in [4.69, 9.17) is 5.53 Å². The van der Waals surface area contributed by atoms with Gasteiger partial charge in [0.05, 0.1) is 0 Å². The summed E-state index contributed by atoms with van der Waals surface area (Å²) in [6, 6.07) is 7.19. The summed E-state index contributed by atoms with van der Waals surface area (Å²) in [6.07, 6.45) is 6.62. The zero-order valence-corrected chi connectivity index (χ0v) is 12.5. The third-order valence-electron chi connectivity index (χ3n) is 5.81. The van der Waals surface area contributed by atoms with E-state index < -0.39 is 0 Å². The van der Waals surface area contributed by atoms with Crippen molar-refractivity contribution in [1.82, 2.24) is 5.32 Å². The summed E-state index contributed by atoms with van der Waals surface area (Å²) < 4.78 is 0. The Balaban J connectivity index is 1.46. The fourth-order valence-electron chi connectivity index (χ4n) is 5.13. The monoisotopic (exact) mass is 296 g/mol. The average molecular weight is 296 g/mol. The van der Waals surface area contributed by atoms with Crippen molar-refractivity contribution in [2.75, 3.05) is 0 Å². The second kappa shape index (κ2) is 5.33. The minimum absolute atomic E-state index is 0.00459. The normalized spacial score (nSPS) is 35.0. The van der Waals surface area contributed by atoms with Crippen molar-refractivity contribution in [3.63, 3.8) is 0 Å². The van der Waals surface area contributed by atoms with Crippen LogP contribution in [0.15, 0.2) is 29.4 Å². The Bertz CT molecular complexity index is 605. The molecule has 1 aromatic rings. The van der Waals surface area contributed by atoms with Crippen LogP contribution in [0.4, 0.5) is 5.69 Å². The van der Waals surface area contributed by atoms with Gasteiger partial charge in [-0.2, -0.15) is 0 Å². The number of hydrogen-bond acceptors (Lipinski definition) is 2. The van der Waals surface area contributed by atoms with E-state index in [0.717, 1.165) is 11.8 Å². The van der Waals surface area contributed by atoms with Crippen molar-refractivity contribution in [3.8, 4) is 0 Å². The number of carbonyl (C=O) groups excluding carboxylic acids is 1. The lowest BCUT2D eigenvalue weighted by Gasteiger charge is -2.54. The molecule has 0 heterocycles. The summed E-state index contributed by atoms with van der Waals surface area (Å²) in [5.41, 5.74) is 9.59. The fourth-order valence-corrected chi connectivity index (χ4v) is 5.13. The average Bonchev–Trinajstić information content (AvgIpc) is 2.51. The second-order valence-corrected chi connectivity index (χ2v) is 7.17. The van der Waals surface area contributed by atoms with Crippen molar-refractivity contribution in [1.29, 1.82) is 0 Å². The van der Waals surface area contributed by atoms with Crippen molar-refractivity contribution < 1.29 is 4.79 Å². The minimum Gasteiger partial charge on any atom is -0.349 e. The smallest absolute Gasteiger partial charge is 0.251 e. The van der Waals surface area contributed by atoms with Crippen LogP contribution in [0.25, 0.3) is 10.4 Å². The van der Waals surface area contributed by atoms with E-state index in [0.29, 0.717) is 29.1 Å². The maximum atomic E-state index is 12.5. The van der Waals surface area contributed by atoms with E-state index in [1.807, 2.05) is 0 Å². The lowest BCUT2D eigenvalue weighted by Crippen LogP contribution is -2.55. The van der Waals surface area contributed by atoms with Gasteiger partial charge in [0.1, 0.15) is 0 Å². The number of nitrogens with one attached hydrogen (secondary N) is 1. The predicted octanol–water partition coefficient (Wildman–Crippen LogP) is 4.18. The molecule has 5 nitrogen and oxygen atoms in total. The Morgan fingerprint density at radius 2 is 1.64 bits per heavy atom. The molecule has 114 valence electrons. The van der Waals surface area contributed by atoms with E-state index >= 15 is 0 Å². The topological polar surface area (TPSA) is 77.9 Å². The van der Waals surface area contributed by atoms with Gasteiger partial charge in [-0.25, -0.2) is 0 Å². The largest absolute Gasteiger partial charge is 0.349 e. The highest BCUT2D eigenvalue weighted by atomic mass is 16.1. The Hall–Kier alpha value is -2.00. The van der Waals surface area contributed by atoms with Gasteiger partial charge in [-0.1, -0.05) is 17.2 Å². The molecule has 5 heteroatoms. The van der Waals surface area contributed by atoms with Crippen LogP contribution in [0, 0.1) is 23.7 Å². The van der Waals surface area contributed by atoms with Crippen LogP contribution in [0.5, 0.6) is 0 Å². The van der Waals surface area contributed by atoms with Crippen LogP contribution in [0.3, 0.4) is 0 Å². The third kappa shape index (κ3) is 2.35. The lowest BCUT2D eigenvalue weighted by molar-refractivity contribution is -0.0119. The minimum atomic E-state index is 0.00459. The highest BCUT2D eigenvalue weighted by molar-refractivity contribution is 5.94. The van der Waals surface area contributed by atoms with Gasteiger partial charge < -0.3 is 5.32 Å². The first-order valence-electron chi connectivity index (χ1n) is 8.19. The Labute approximate surface area is 129 Å². The van der Waals surface area contributed by atoms with E-state index in [-0.39, 0.29) is 5.91 Å². The summed E-state index contributed by atoms with van der Waals surface area (Å²) in [6.45, 7) is 0. The molecule has 4 aliphatic rings. The van der Waals surface area contributed by atoms with Gasteiger partial charge in [0.15, 0.2) is 0 Å². The number of rotatable bonds is 3. The van der Waals surface area contributed by atoms with E-state index in [9.17, 15) is 4.79 Å². The van der Waals surface area contributed by atoms with Gasteiger partial charge in [0, 0.05) is 22.2 Å². The summed E-state index contributed by atoms with van der Waals surface area (Å²) in [5.74, 6) is 3.20. The van der Waals surface area contributed by atoms with Crippen LogP contribution in [0.2, 0.25) is 0 Å². The van der Waals surface area contributed by atoms with Crippen LogP contribution < -0.4 is 5.32 Å². The highest BCUT2D eigenvalue weighted by Crippen LogP contribution is 2.53. The van der Waals surface area contributed by atoms with Gasteiger partial charge in [0.2, 0.25) is 0 Å². The molecule has 1 N–H and O–H groups in total. The molecule has 0 aliphatic heterocycles. The van der Waals surface area contributed by atoms with Crippen molar-refractivity contribution in [2.45, 2.75) is 38.1 Å². The number of benzene rings is 1. The highest BCUT2D eigenvalue weighted by Gasteiger charge is 2.48. The molecule has 4 saturated carbocycles. The molecule has 0 unspecified atom stereocenters. The summed E-state index contributed by atoms with van der Waals surface area (Å²) in [4.78, 5) is 15.2. The number of azide groups is 1. The molecule has 22 heavy (non-hydrogen) atoms. The summed E-state index contributed by atoms with van der Waals surface area (Å²) in [5, 5.41) is 6.82. The number of nitrogens with zero attached hydrogens (tertiary/aromatic N) is 3. The van der Waals surface area contributed by atoms with E-state index in [1.54, 1.807) is 24.3 Å². The van der Waals surface area contributed by atoms with E-state index in [1.165, 1.54) is 32.1 Å². The molecule has 4 bridgehead atoms. The van der Waals surface area contributed by atoms with Gasteiger partial charge in [-0.15, -0.1) is 0 Å². The first kappa shape index (κ1) is 13.6. The van der Waals surface area contributed by atoms with Gasteiger partial charge in [-0.05, 0) is 73.4 Å². The quantitative estimate of drug-likeness (QED) is 0.507. The second-order valence-electron chi connectivity index (χ2n) is 7.17. The molecule has 1 aromatic carbocycles. The third-order valence-corrected chi connectivity index (χ3v) is 5.81. The van der Waals surface area contributed by atoms with E-state index in [2.05, 4.69) is 15.3 Å². The molecular formula is C17H20N4O. The molecule has 0 saturated heterocycles. The molecule has 0 atom stereocenters. The summed E-state index contributed by atoms with van der Waals surface area (Å²) >= 11 is 0. The molecule has 0 aromatic heterocycles. The van der Waals surface area contributed by atoms with Crippen molar-refractivity contribution >= 4 is 11.6 Å². The van der Waals surface area contributed by atoms with Crippen molar-refractivity contribution in [3.05, 3.63) is 40.3 Å².